The molecule has 0 radical (unpaired) electrons. The first-order valence-corrected chi connectivity index (χ1v) is 12.2. The van der Waals surface area contributed by atoms with Crippen LogP contribution in [0, 0.1) is 22.7 Å². The zero-order valence-corrected chi connectivity index (χ0v) is 20.7. The van der Waals surface area contributed by atoms with Crippen molar-refractivity contribution in [3.05, 3.63) is 23.6 Å². The Morgan fingerprint density at radius 2 is 1.82 bits per heavy atom. The van der Waals surface area contributed by atoms with Crippen LogP contribution >= 0.6 is 23.2 Å². The van der Waals surface area contributed by atoms with Crippen LogP contribution in [0.1, 0.15) is 47.0 Å². The predicted molar refractivity (Wildman–Crippen MR) is 116 cm³/mol. The SMILES string of the molecule is CC1(C)O[C@@H]2C[C@H]3[C@@H]4C[C@H](F)C5=C(F)C(=O)C=C[C@]5(C)[C@@]4(Cl)[C@@H](Cl)C[C@]3(C)[C@]2(C(=O)C(F)F)O1. The summed E-state index contributed by atoms with van der Waals surface area (Å²) in [4.78, 5) is 23.6. The highest BCUT2D eigenvalue weighted by molar-refractivity contribution is 6.34. The fourth-order valence-electron chi connectivity index (χ4n) is 7.93. The first-order valence-electron chi connectivity index (χ1n) is 11.4. The van der Waals surface area contributed by atoms with Crippen LogP contribution < -0.4 is 0 Å². The van der Waals surface area contributed by atoms with Crippen LogP contribution in [-0.4, -0.2) is 51.9 Å². The molecular weight excluding hydrogens is 499 g/mol. The summed E-state index contributed by atoms with van der Waals surface area (Å²) in [6.45, 7) is 6.33. The lowest BCUT2D eigenvalue weighted by Gasteiger charge is -2.64. The lowest BCUT2D eigenvalue weighted by atomic mass is 9.46. The Balaban J connectivity index is 1.68. The molecule has 0 unspecified atom stereocenters. The molecule has 5 rings (SSSR count). The van der Waals surface area contributed by atoms with Gasteiger partial charge >= 0.3 is 0 Å². The summed E-state index contributed by atoms with van der Waals surface area (Å²) < 4.78 is 70.4. The van der Waals surface area contributed by atoms with Gasteiger partial charge in [-0.05, 0) is 51.0 Å². The Morgan fingerprint density at radius 1 is 1.18 bits per heavy atom. The molecule has 0 aromatic carbocycles. The number of carbonyl (C=O) groups is 2. The maximum absolute atomic E-state index is 15.6. The summed E-state index contributed by atoms with van der Waals surface area (Å²) in [5.74, 6) is -6.07. The van der Waals surface area contributed by atoms with Crippen molar-refractivity contribution in [1.82, 2.24) is 0 Å². The molecule has 10 heteroatoms. The smallest absolute Gasteiger partial charge is 0.299 e. The number of carbonyl (C=O) groups excluding carboxylic acids is 2. The average molecular weight is 525 g/mol. The number of ether oxygens (including phenoxy) is 2. The van der Waals surface area contributed by atoms with E-state index in [1.807, 2.05) is 0 Å². The van der Waals surface area contributed by atoms with Gasteiger partial charge in [0.15, 0.2) is 17.2 Å². The molecule has 0 amide bonds. The Hall–Kier alpha value is -0.960. The molecular formula is C24H26Cl2F4O4. The highest BCUT2D eigenvalue weighted by atomic mass is 35.5. The average Bonchev–Trinajstić information content (AvgIpc) is 3.13. The van der Waals surface area contributed by atoms with Gasteiger partial charge in [-0.3, -0.25) is 9.59 Å². The highest BCUT2D eigenvalue weighted by Gasteiger charge is 2.80. The summed E-state index contributed by atoms with van der Waals surface area (Å²) in [6.07, 6.45) is -3.83. The summed E-state index contributed by atoms with van der Waals surface area (Å²) in [5, 5.41) is -0.980. The molecule has 34 heavy (non-hydrogen) atoms. The van der Waals surface area contributed by atoms with E-state index in [0.29, 0.717) is 0 Å². The predicted octanol–water partition coefficient (Wildman–Crippen LogP) is 5.45. The highest BCUT2D eigenvalue weighted by Crippen LogP contribution is 2.74. The van der Waals surface area contributed by atoms with E-state index >= 15 is 4.39 Å². The number of fused-ring (bicyclic) bond motifs is 7. The van der Waals surface area contributed by atoms with E-state index in [1.165, 1.54) is 6.08 Å². The Morgan fingerprint density at radius 3 is 2.44 bits per heavy atom. The van der Waals surface area contributed by atoms with Gasteiger partial charge in [0.25, 0.3) is 6.43 Å². The summed E-state index contributed by atoms with van der Waals surface area (Å²) in [7, 11) is 0. The molecule has 1 aliphatic heterocycles. The zero-order valence-electron chi connectivity index (χ0n) is 19.1. The van der Waals surface area contributed by atoms with Crippen LogP contribution in [0.5, 0.6) is 0 Å². The number of alkyl halides is 5. The monoisotopic (exact) mass is 524 g/mol. The molecule has 1 heterocycles. The molecule has 4 nitrogen and oxygen atoms in total. The van der Waals surface area contributed by atoms with Gasteiger partial charge in [0.1, 0.15) is 6.17 Å². The van der Waals surface area contributed by atoms with E-state index in [4.69, 9.17) is 32.7 Å². The number of rotatable bonds is 2. The van der Waals surface area contributed by atoms with Gasteiger partial charge in [0.05, 0.1) is 16.4 Å². The number of halogens is 6. The maximum Gasteiger partial charge on any atom is 0.299 e. The largest absolute Gasteiger partial charge is 0.344 e. The molecule has 0 spiro atoms. The molecule has 0 aromatic heterocycles. The Labute approximate surface area is 205 Å². The number of hydrogen-bond acceptors (Lipinski definition) is 4. The summed E-state index contributed by atoms with van der Waals surface area (Å²) >= 11 is 14.2. The third-order valence-electron chi connectivity index (χ3n) is 9.22. The number of Topliss-reactive ketones (excluding diaryl/α,β-unsaturated/α-hetero) is 1. The molecule has 1 saturated heterocycles. The first-order chi connectivity index (χ1) is 15.6. The van der Waals surface area contributed by atoms with Crippen LogP contribution in [0.2, 0.25) is 0 Å². The molecule has 3 saturated carbocycles. The van der Waals surface area contributed by atoms with Crippen molar-refractivity contribution in [3.8, 4) is 0 Å². The Kier molecular flexibility index (Phi) is 5.15. The minimum Gasteiger partial charge on any atom is -0.344 e. The van der Waals surface area contributed by atoms with Crippen LogP contribution in [0.15, 0.2) is 23.6 Å². The molecule has 0 N–H and O–H groups in total. The van der Waals surface area contributed by atoms with Crippen molar-refractivity contribution in [3.63, 3.8) is 0 Å². The van der Waals surface area contributed by atoms with E-state index in [-0.39, 0.29) is 24.8 Å². The van der Waals surface area contributed by atoms with Crippen molar-refractivity contribution in [2.75, 3.05) is 0 Å². The molecule has 0 aromatic rings. The van der Waals surface area contributed by atoms with Gasteiger partial charge < -0.3 is 9.47 Å². The number of hydrogen-bond donors (Lipinski definition) is 0. The van der Waals surface area contributed by atoms with E-state index in [1.54, 1.807) is 27.7 Å². The fourth-order valence-corrected chi connectivity index (χ4v) is 9.12. The van der Waals surface area contributed by atoms with E-state index in [0.717, 1.165) is 6.08 Å². The molecule has 9 atom stereocenters. The van der Waals surface area contributed by atoms with Crippen LogP contribution in [0.3, 0.4) is 0 Å². The van der Waals surface area contributed by atoms with Crippen molar-refractivity contribution in [1.29, 1.82) is 0 Å². The molecule has 4 fully saturated rings. The Bertz CT molecular complexity index is 1050. The third kappa shape index (κ3) is 2.64. The van der Waals surface area contributed by atoms with E-state index in [9.17, 15) is 22.8 Å². The van der Waals surface area contributed by atoms with Gasteiger partial charge in [0.2, 0.25) is 11.6 Å². The summed E-state index contributed by atoms with van der Waals surface area (Å²) in [6, 6.07) is 0. The van der Waals surface area contributed by atoms with Gasteiger partial charge in [0, 0.05) is 16.4 Å². The van der Waals surface area contributed by atoms with Crippen molar-refractivity contribution in [2.45, 2.75) is 87.3 Å². The van der Waals surface area contributed by atoms with Crippen LogP contribution in [-0.2, 0) is 19.1 Å². The lowest BCUT2D eigenvalue weighted by Crippen LogP contribution is -2.69. The van der Waals surface area contributed by atoms with E-state index < -0.39 is 80.4 Å². The third-order valence-corrected chi connectivity index (χ3v) is 10.8. The van der Waals surface area contributed by atoms with Crippen LogP contribution in [0.25, 0.3) is 0 Å². The summed E-state index contributed by atoms with van der Waals surface area (Å²) in [5.41, 5.74) is -4.97. The minimum atomic E-state index is -3.30. The van der Waals surface area contributed by atoms with Gasteiger partial charge in [-0.25, -0.2) is 17.6 Å². The second-order valence-corrected chi connectivity index (χ2v) is 12.3. The van der Waals surface area contributed by atoms with Crippen molar-refractivity contribution >= 4 is 34.8 Å². The fraction of sp³-hybridized carbons (Fsp3) is 0.750. The van der Waals surface area contributed by atoms with E-state index in [2.05, 4.69) is 0 Å². The van der Waals surface area contributed by atoms with Gasteiger partial charge in [-0.1, -0.05) is 19.9 Å². The molecule has 4 aliphatic carbocycles. The van der Waals surface area contributed by atoms with Crippen LogP contribution in [0.4, 0.5) is 17.6 Å². The van der Waals surface area contributed by atoms with Gasteiger partial charge in [-0.2, -0.15) is 0 Å². The minimum absolute atomic E-state index is 0.0170. The lowest BCUT2D eigenvalue weighted by molar-refractivity contribution is -0.217. The van der Waals surface area contributed by atoms with Crippen molar-refractivity contribution < 1.29 is 36.6 Å². The maximum atomic E-state index is 15.6. The molecule has 0 bridgehead atoms. The topological polar surface area (TPSA) is 52.6 Å². The first kappa shape index (κ1) is 24.7. The number of allylic oxidation sites excluding steroid dienone is 4. The van der Waals surface area contributed by atoms with Crippen molar-refractivity contribution in [2.24, 2.45) is 22.7 Å². The molecule has 5 aliphatic rings. The second-order valence-electron chi connectivity index (χ2n) is 11.1. The number of ketones is 2. The quantitative estimate of drug-likeness (QED) is 0.356. The second kappa shape index (κ2) is 7.08. The van der Waals surface area contributed by atoms with Gasteiger partial charge in [-0.15, -0.1) is 23.2 Å². The standard InChI is InChI=1S/C24H26Cl2F4O4/c1-20(2)33-15-8-10-11-7-12(27)16-17(28)13(31)5-6-21(16,3)23(11,26)14(25)9-22(10,4)24(15,34-20)18(32)19(29)30/h5-6,10-12,14-15,19H,7-9H2,1-4H3/t10-,11-,12-,14-,15+,21-,22-,23-,24-/m0/s1. The normalized spacial score (nSPS) is 51.3. The zero-order chi connectivity index (χ0) is 25.2. The molecule has 188 valence electrons.